The minimum absolute atomic E-state index is 0. The van der Waals surface area contributed by atoms with E-state index < -0.39 is 0 Å². The molecule has 1 saturated heterocycles. The molecule has 1 aliphatic heterocycles. The first-order valence-corrected chi connectivity index (χ1v) is 5.34. The number of benzene rings is 1. The van der Waals surface area contributed by atoms with Gasteiger partial charge in [0.1, 0.15) is 0 Å². The number of aryl methyl sites for hydroxylation is 1. The molecule has 3 heteroatoms. The summed E-state index contributed by atoms with van der Waals surface area (Å²) in [6, 6.07) is 9.24. The third-order valence-electron chi connectivity index (χ3n) is 2.98. The molecular weight excluding hydrogens is 208 g/mol. The highest BCUT2D eigenvalue weighted by atomic mass is 35.5. The lowest BCUT2D eigenvalue weighted by atomic mass is 10.2. The standard InChI is InChI=1S/C12H18N2.ClH/c1-10-4-2-5-11(8-10)14-7-3-6-12(14)9-13;/h2,4-5,8,12H,3,6-7,9,13H2,1H3;1H/t12-;/m0./s1. The van der Waals surface area contributed by atoms with Crippen molar-refractivity contribution in [1.29, 1.82) is 0 Å². The van der Waals surface area contributed by atoms with Gasteiger partial charge < -0.3 is 10.6 Å². The van der Waals surface area contributed by atoms with Gasteiger partial charge in [0.15, 0.2) is 0 Å². The molecule has 0 unspecified atom stereocenters. The van der Waals surface area contributed by atoms with Crippen molar-refractivity contribution in [2.75, 3.05) is 18.0 Å². The SMILES string of the molecule is Cc1cccc(N2CCC[C@H]2CN)c1.Cl. The Morgan fingerprint density at radius 2 is 2.27 bits per heavy atom. The number of nitrogens with zero attached hydrogens (tertiary/aromatic N) is 1. The zero-order valence-corrected chi connectivity index (χ0v) is 9.96. The Labute approximate surface area is 97.9 Å². The number of hydrogen-bond acceptors (Lipinski definition) is 2. The van der Waals surface area contributed by atoms with Gasteiger partial charge in [-0.2, -0.15) is 0 Å². The lowest BCUT2D eigenvalue weighted by Gasteiger charge is -2.25. The minimum atomic E-state index is 0. The molecule has 84 valence electrons. The van der Waals surface area contributed by atoms with E-state index >= 15 is 0 Å². The van der Waals surface area contributed by atoms with E-state index in [1.54, 1.807) is 0 Å². The van der Waals surface area contributed by atoms with Crippen LogP contribution in [-0.2, 0) is 0 Å². The van der Waals surface area contributed by atoms with Crippen LogP contribution in [0.3, 0.4) is 0 Å². The monoisotopic (exact) mass is 226 g/mol. The number of nitrogens with two attached hydrogens (primary N) is 1. The first-order chi connectivity index (χ1) is 6.81. The second-order valence-corrected chi connectivity index (χ2v) is 4.06. The smallest absolute Gasteiger partial charge is 0.0412 e. The fourth-order valence-corrected chi connectivity index (χ4v) is 2.23. The van der Waals surface area contributed by atoms with Gasteiger partial charge in [-0.15, -0.1) is 12.4 Å². The number of hydrogen-bond donors (Lipinski definition) is 1. The maximum atomic E-state index is 5.76. The van der Waals surface area contributed by atoms with Gasteiger partial charge in [-0.1, -0.05) is 12.1 Å². The predicted octanol–water partition coefficient (Wildman–Crippen LogP) is 2.34. The second-order valence-electron chi connectivity index (χ2n) is 4.06. The highest BCUT2D eigenvalue weighted by molar-refractivity contribution is 5.85. The van der Waals surface area contributed by atoms with Crippen LogP contribution in [0.25, 0.3) is 0 Å². The highest BCUT2D eigenvalue weighted by Gasteiger charge is 2.22. The van der Waals surface area contributed by atoms with Crippen LogP contribution in [0.2, 0.25) is 0 Å². The fraction of sp³-hybridized carbons (Fsp3) is 0.500. The summed E-state index contributed by atoms with van der Waals surface area (Å²) in [6.07, 6.45) is 2.51. The molecule has 1 aliphatic rings. The van der Waals surface area contributed by atoms with Crippen LogP contribution >= 0.6 is 12.4 Å². The number of anilines is 1. The fourth-order valence-electron chi connectivity index (χ4n) is 2.23. The lowest BCUT2D eigenvalue weighted by molar-refractivity contribution is 0.677. The summed E-state index contributed by atoms with van der Waals surface area (Å²) in [6.45, 7) is 4.07. The maximum absolute atomic E-state index is 5.76. The molecule has 0 amide bonds. The van der Waals surface area contributed by atoms with Crippen molar-refractivity contribution in [3.8, 4) is 0 Å². The summed E-state index contributed by atoms with van der Waals surface area (Å²) in [5.41, 5.74) is 8.41. The van der Waals surface area contributed by atoms with Gasteiger partial charge in [0, 0.05) is 24.8 Å². The molecule has 0 radical (unpaired) electrons. The molecule has 0 saturated carbocycles. The molecule has 1 fully saturated rings. The Balaban J connectivity index is 0.00000112. The van der Waals surface area contributed by atoms with Crippen molar-refractivity contribution in [1.82, 2.24) is 0 Å². The number of rotatable bonds is 2. The van der Waals surface area contributed by atoms with Crippen LogP contribution in [0.1, 0.15) is 18.4 Å². The second kappa shape index (κ2) is 5.38. The Morgan fingerprint density at radius 1 is 1.47 bits per heavy atom. The molecule has 2 rings (SSSR count). The van der Waals surface area contributed by atoms with E-state index in [9.17, 15) is 0 Å². The molecule has 0 aromatic heterocycles. The largest absolute Gasteiger partial charge is 0.367 e. The van der Waals surface area contributed by atoms with Crippen molar-refractivity contribution in [2.45, 2.75) is 25.8 Å². The van der Waals surface area contributed by atoms with Crippen LogP contribution in [0.5, 0.6) is 0 Å². The average molecular weight is 227 g/mol. The summed E-state index contributed by atoms with van der Waals surface area (Å²) in [4.78, 5) is 2.44. The van der Waals surface area contributed by atoms with E-state index in [-0.39, 0.29) is 12.4 Å². The van der Waals surface area contributed by atoms with E-state index in [2.05, 4.69) is 36.1 Å². The van der Waals surface area contributed by atoms with E-state index in [0.29, 0.717) is 6.04 Å². The average Bonchev–Trinajstić information content (AvgIpc) is 2.65. The van der Waals surface area contributed by atoms with Gasteiger partial charge >= 0.3 is 0 Å². The molecule has 0 spiro atoms. The first-order valence-electron chi connectivity index (χ1n) is 5.34. The Kier molecular flexibility index (Phi) is 4.43. The Hall–Kier alpha value is -0.730. The minimum Gasteiger partial charge on any atom is -0.367 e. The zero-order valence-electron chi connectivity index (χ0n) is 9.15. The quantitative estimate of drug-likeness (QED) is 0.839. The molecular formula is C12H19ClN2. The van der Waals surface area contributed by atoms with Crippen LogP contribution in [-0.4, -0.2) is 19.1 Å². The third kappa shape index (κ3) is 2.64. The zero-order chi connectivity index (χ0) is 9.97. The van der Waals surface area contributed by atoms with Crippen molar-refractivity contribution < 1.29 is 0 Å². The summed E-state index contributed by atoms with van der Waals surface area (Å²) in [5.74, 6) is 0. The third-order valence-corrected chi connectivity index (χ3v) is 2.98. The van der Waals surface area contributed by atoms with E-state index in [1.165, 1.54) is 24.1 Å². The summed E-state index contributed by atoms with van der Waals surface area (Å²) in [5, 5.41) is 0. The summed E-state index contributed by atoms with van der Waals surface area (Å²) in [7, 11) is 0. The molecule has 1 aromatic carbocycles. The highest BCUT2D eigenvalue weighted by Crippen LogP contribution is 2.25. The molecule has 1 heterocycles. The molecule has 1 atom stereocenters. The van der Waals surface area contributed by atoms with Crippen LogP contribution in [0, 0.1) is 6.92 Å². The molecule has 0 bridgehead atoms. The maximum Gasteiger partial charge on any atom is 0.0412 e. The topological polar surface area (TPSA) is 29.3 Å². The summed E-state index contributed by atoms with van der Waals surface area (Å²) < 4.78 is 0. The van der Waals surface area contributed by atoms with Gasteiger partial charge in [-0.25, -0.2) is 0 Å². The van der Waals surface area contributed by atoms with Crippen molar-refractivity contribution in [3.05, 3.63) is 29.8 Å². The molecule has 2 N–H and O–H groups in total. The predicted molar refractivity (Wildman–Crippen MR) is 67.8 cm³/mol. The molecule has 0 aliphatic carbocycles. The molecule has 15 heavy (non-hydrogen) atoms. The Morgan fingerprint density at radius 3 is 2.93 bits per heavy atom. The van der Waals surface area contributed by atoms with Crippen molar-refractivity contribution >= 4 is 18.1 Å². The summed E-state index contributed by atoms with van der Waals surface area (Å²) >= 11 is 0. The van der Waals surface area contributed by atoms with Gasteiger partial charge in [-0.3, -0.25) is 0 Å². The van der Waals surface area contributed by atoms with E-state index in [4.69, 9.17) is 5.73 Å². The van der Waals surface area contributed by atoms with Crippen LogP contribution < -0.4 is 10.6 Å². The van der Waals surface area contributed by atoms with Gasteiger partial charge in [0.05, 0.1) is 0 Å². The normalized spacial score (nSPS) is 20.1. The van der Waals surface area contributed by atoms with Crippen LogP contribution in [0.4, 0.5) is 5.69 Å². The van der Waals surface area contributed by atoms with Gasteiger partial charge in [0.2, 0.25) is 0 Å². The number of halogens is 1. The van der Waals surface area contributed by atoms with Crippen LogP contribution in [0.15, 0.2) is 24.3 Å². The van der Waals surface area contributed by atoms with E-state index in [0.717, 1.165) is 13.1 Å². The van der Waals surface area contributed by atoms with Crippen molar-refractivity contribution in [2.24, 2.45) is 5.73 Å². The van der Waals surface area contributed by atoms with E-state index in [1.807, 2.05) is 0 Å². The van der Waals surface area contributed by atoms with Gasteiger partial charge in [-0.05, 0) is 37.5 Å². The molecule has 2 nitrogen and oxygen atoms in total. The Bertz CT molecular complexity index is 314. The lowest BCUT2D eigenvalue weighted by Crippen LogP contribution is -2.35. The van der Waals surface area contributed by atoms with Crippen molar-refractivity contribution in [3.63, 3.8) is 0 Å². The van der Waals surface area contributed by atoms with Gasteiger partial charge in [0.25, 0.3) is 0 Å². The molecule has 1 aromatic rings. The first kappa shape index (κ1) is 12.3.